The number of esters is 2. The smallest absolute Gasteiger partial charge is 1.00 e. The summed E-state index contributed by atoms with van der Waals surface area (Å²) in [7, 11) is 2.02. The Morgan fingerprint density at radius 1 is 1.29 bits per heavy atom. The molecule has 112 valence electrons. The van der Waals surface area contributed by atoms with Crippen molar-refractivity contribution >= 4 is 23.5 Å². The van der Waals surface area contributed by atoms with Crippen molar-refractivity contribution in [1.82, 2.24) is 4.98 Å². The zero-order valence-electron chi connectivity index (χ0n) is 12.3. The molecule has 21 heavy (non-hydrogen) atoms. The minimum Gasteiger partial charge on any atom is -1.00 e. The summed E-state index contributed by atoms with van der Waals surface area (Å²) in [5, 5.41) is -0.486. The summed E-state index contributed by atoms with van der Waals surface area (Å²) in [6.07, 6.45) is -4.17. The molecular weight excluding hydrogens is 342 g/mol. The Kier molecular flexibility index (Phi) is 8.36. The summed E-state index contributed by atoms with van der Waals surface area (Å²) < 4.78 is 46.2. The van der Waals surface area contributed by atoms with E-state index < -0.39 is 34.6 Å². The van der Waals surface area contributed by atoms with Gasteiger partial charge in [0.05, 0.1) is 30.5 Å². The van der Waals surface area contributed by atoms with Crippen molar-refractivity contribution in [2.75, 3.05) is 14.2 Å². The molecule has 0 saturated carbocycles. The minimum atomic E-state index is -4.64. The van der Waals surface area contributed by atoms with E-state index in [2.05, 4.69) is 14.5 Å². The van der Waals surface area contributed by atoms with Crippen LogP contribution in [0.15, 0.2) is 12.3 Å². The second kappa shape index (κ2) is 8.44. The van der Waals surface area contributed by atoms with Gasteiger partial charge in [0.1, 0.15) is 0 Å². The van der Waals surface area contributed by atoms with Crippen LogP contribution in [0.25, 0.3) is 0 Å². The van der Waals surface area contributed by atoms with E-state index in [-0.39, 0.29) is 58.5 Å². The first-order valence-electron chi connectivity index (χ1n) is 5.10. The zero-order valence-corrected chi connectivity index (χ0v) is 15.2. The van der Waals surface area contributed by atoms with E-state index in [0.29, 0.717) is 12.3 Å². The maximum absolute atomic E-state index is 12.5. The molecule has 1 aromatic rings. The van der Waals surface area contributed by atoms with Gasteiger partial charge < -0.3 is 10.9 Å². The summed E-state index contributed by atoms with van der Waals surface area (Å²) in [6.45, 7) is 0. The molecule has 0 aliphatic heterocycles. The van der Waals surface area contributed by atoms with Gasteiger partial charge in [-0.05, 0) is 6.07 Å². The molecule has 0 spiro atoms. The van der Waals surface area contributed by atoms with Gasteiger partial charge in [0.15, 0.2) is 5.92 Å². The Balaban J connectivity index is 0. The number of carbonyl (C=O) groups is 2. The van der Waals surface area contributed by atoms with Crippen LogP contribution in [0.4, 0.5) is 13.2 Å². The van der Waals surface area contributed by atoms with E-state index >= 15 is 0 Å². The Bertz CT molecular complexity index is 529. The van der Waals surface area contributed by atoms with Gasteiger partial charge in [0.2, 0.25) is 0 Å². The van der Waals surface area contributed by atoms with E-state index in [1.807, 2.05) is 0 Å². The Morgan fingerprint density at radius 2 is 1.76 bits per heavy atom. The van der Waals surface area contributed by atoms with Gasteiger partial charge in [0, 0.05) is 6.20 Å². The van der Waals surface area contributed by atoms with E-state index in [1.165, 1.54) is 0 Å². The van der Waals surface area contributed by atoms with Gasteiger partial charge in [-0.3, -0.25) is 14.6 Å². The summed E-state index contributed by atoms with van der Waals surface area (Å²) >= 11 is 5.65. The van der Waals surface area contributed by atoms with E-state index in [4.69, 9.17) is 11.6 Å². The first-order valence-corrected chi connectivity index (χ1v) is 5.48. The maximum Gasteiger partial charge on any atom is 1.00 e. The minimum absolute atomic E-state index is 0. The molecule has 5 nitrogen and oxygen atoms in total. The van der Waals surface area contributed by atoms with Crippen LogP contribution in [0.2, 0.25) is 5.02 Å². The first kappa shape index (κ1) is 20.8. The molecule has 0 aliphatic carbocycles. The zero-order chi connectivity index (χ0) is 15.5. The van der Waals surface area contributed by atoms with Gasteiger partial charge >= 0.3 is 69.5 Å². The van der Waals surface area contributed by atoms with Gasteiger partial charge in [0.25, 0.3) is 0 Å². The van der Waals surface area contributed by atoms with Crippen LogP contribution in [0, 0.1) is 0 Å². The van der Waals surface area contributed by atoms with E-state index in [0.717, 1.165) is 14.2 Å². The summed E-state index contributed by atoms with van der Waals surface area (Å²) in [5.41, 5.74) is -1.46. The number of halogens is 4. The molecule has 10 heteroatoms. The van der Waals surface area contributed by atoms with Crippen molar-refractivity contribution in [3.8, 4) is 0 Å². The number of hydrogen-bond donors (Lipinski definition) is 0. The average molecular weight is 352 g/mol. The number of rotatable bonds is 3. The molecular formula is C11H10ClF3KNO4. The van der Waals surface area contributed by atoms with E-state index in [1.54, 1.807) is 0 Å². The summed E-state index contributed by atoms with van der Waals surface area (Å²) in [6, 6.07) is 0.572. The van der Waals surface area contributed by atoms with Crippen LogP contribution in [-0.2, 0) is 25.2 Å². The normalized spacial score (nSPS) is 10.8. The number of methoxy groups -OCH3 is 2. The van der Waals surface area contributed by atoms with Gasteiger partial charge in [-0.1, -0.05) is 11.6 Å². The second-order valence-corrected chi connectivity index (χ2v) is 3.98. The Labute approximate surface area is 167 Å². The fraction of sp³-hybridized carbons (Fsp3) is 0.364. The van der Waals surface area contributed by atoms with Crippen LogP contribution in [0.1, 0.15) is 18.6 Å². The predicted molar refractivity (Wildman–Crippen MR) is 62.1 cm³/mol. The molecule has 0 N–H and O–H groups in total. The van der Waals surface area contributed by atoms with E-state index in [9.17, 15) is 22.8 Å². The quantitative estimate of drug-likeness (QED) is 0.409. The second-order valence-electron chi connectivity index (χ2n) is 3.57. The largest absolute Gasteiger partial charge is 1.00 e. The monoisotopic (exact) mass is 351 g/mol. The molecule has 0 fully saturated rings. The summed E-state index contributed by atoms with van der Waals surface area (Å²) in [4.78, 5) is 26.4. The Morgan fingerprint density at radius 3 is 2.10 bits per heavy atom. The fourth-order valence-electron chi connectivity index (χ4n) is 1.37. The van der Waals surface area contributed by atoms with Crippen LogP contribution in [0.5, 0.6) is 0 Å². The number of pyridine rings is 1. The number of ether oxygens (including phenoxy) is 2. The molecule has 0 saturated heterocycles. The molecule has 0 radical (unpaired) electrons. The standard InChI is InChI=1S/C11H9ClF3NO4.K.H/c1-19-9(17)7(10(18)20-2)8-6(12)3-5(4-16-8)11(13,14)15;;/h3-4,7H,1-2H3;;/q;+1;-1. The summed E-state index contributed by atoms with van der Waals surface area (Å²) in [5.74, 6) is -3.71. The fourth-order valence-corrected chi connectivity index (χ4v) is 1.65. The Hall–Kier alpha value is -0.194. The van der Waals surface area contributed by atoms with Crippen molar-refractivity contribution in [3.63, 3.8) is 0 Å². The van der Waals surface area contributed by atoms with Crippen LogP contribution in [-0.4, -0.2) is 31.1 Å². The third-order valence-corrected chi connectivity index (χ3v) is 2.65. The van der Waals surface area contributed by atoms with Crippen molar-refractivity contribution in [2.45, 2.75) is 12.1 Å². The van der Waals surface area contributed by atoms with Gasteiger partial charge in [-0.2, -0.15) is 13.2 Å². The molecule has 0 aromatic carbocycles. The van der Waals surface area contributed by atoms with Gasteiger partial charge in [-0.15, -0.1) is 0 Å². The van der Waals surface area contributed by atoms with Crippen molar-refractivity contribution in [2.24, 2.45) is 0 Å². The third-order valence-electron chi connectivity index (χ3n) is 2.34. The number of hydrogen-bond acceptors (Lipinski definition) is 5. The molecule has 0 bridgehead atoms. The topological polar surface area (TPSA) is 65.5 Å². The molecule has 1 aromatic heterocycles. The molecule has 0 unspecified atom stereocenters. The van der Waals surface area contributed by atoms with Crippen LogP contribution < -0.4 is 51.4 Å². The maximum atomic E-state index is 12.5. The first-order chi connectivity index (χ1) is 9.22. The molecule has 0 atom stereocenters. The average Bonchev–Trinajstić information content (AvgIpc) is 2.38. The molecule has 1 heterocycles. The molecule has 1 rings (SSSR count). The third kappa shape index (κ3) is 5.18. The number of carbonyl (C=O) groups excluding carboxylic acids is 2. The van der Waals surface area contributed by atoms with Crippen molar-refractivity contribution < 1.29 is 85.0 Å². The van der Waals surface area contributed by atoms with Crippen LogP contribution in [0.3, 0.4) is 0 Å². The molecule has 0 aliphatic rings. The number of nitrogens with zero attached hydrogens (tertiary/aromatic N) is 1. The van der Waals surface area contributed by atoms with Crippen molar-refractivity contribution in [3.05, 3.63) is 28.5 Å². The number of aromatic nitrogens is 1. The molecule has 0 amide bonds. The van der Waals surface area contributed by atoms with Gasteiger partial charge in [-0.25, -0.2) is 0 Å². The van der Waals surface area contributed by atoms with Crippen molar-refractivity contribution in [1.29, 1.82) is 0 Å². The number of alkyl halides is 3. The SMILES string of the molecule is COC(=O)C(C(=O)OC)c1ncc(C(F)(F)F)cc1Cl.[H-].[K+]. The van der Waals surface area contributed by atoms with Crippen LogP contribution >= 0.6 is 11.6 Å². The predicted octanol–water partition coefficient (Wildman–Crippen LogP) is -0.700.